The molecule has 684 valence electrons. The average Bonchev–Trinajstić information content (AvgIpc) is 1.58. The zero-order chi connectivity index (χ0) is 105. The van der Waals surface area contributed by atoms with Gasteiger partial charge in [-0.2, -0.15) is 0 Å². The lowest BCUT2D eigenvalue weighted by Crippen LogP contribution is -2.34. The van der Waals surface area contributed by atoms with E-state index in [1.807, 2.05) is 234 Å². The first-order chi connectivity index (χ1) is 69.4. The molecule has 0 aliphatic carbocycles. The molecular formula is C106H120N22O5. The molecule has 0 saturated heterocycles. The SMILES string of the molecule is CC.CC.CC.CC.CC.Cc1ccc2c(n1)oc1c(N3C=CN(C)C3)c(C)ccc12.[2H]C(C)(C)N1CN(c2c(C)ccc3c2oc2ncccc23)c2nccnc21.[2H]C([2H])([2H])C([2H])(C)N1CN(c2c(C)ccc3c2oc2ncccc23)c2cccnc21.[2H]C([2H])([2H])C([2H])(C)N1CN(c2c(C)ccc3c2oc2ncccc23)c2nccnc21.[2H]C([2H])([2H])N1CN(c2c(C)ccc3c2oc2ncccc23)c2nccnc21. The quantitative estimate of drug-likeness (QED) is 0.137. The third-order valence-corrected chi connectivity index (χ3v) is 22.7. The molecule has 2 unspecified atom stereocenters. The van der Waals surface area contributed by atoms with Gasteiger partial charge in [0.1, 0.15) is 0 Å². The molecule has 133 heavy (non-hydrogen) atoms. The highest BCUT2D eigenvalue weighted by molar-refractivity contribution is 6.14. The lowest BCUT2D eigenvalue weighted by atomic mass is 10.1. The Hall–Kier alpha value is -15.0. The highest BCUT2D eigenvalue weighted by atomic mass is 16.4. The van der Waals surface area contributed by atoms with E-state index in [4.69, 9.17) is 38.5 Å². The van der Waals surface area contributed by atoms with Crippen molar-refractivity contribution in [3.05, 3.63) is 248 Å². The summed E-state index contributed by atoms with van der Waals surface area (Å²) in [6.07, 6.45) is 22.0. The van der Waals surface area contributed by atoms with Gasteiger partial charge in [0, 0.05) is 185 Å². The number of anilines is 13. The van der Waals surface area contributed by atoms with Crippen molar-refractivity contribution in [3.63, 3.8) is 0 Å². The highest BCUT2D eigenvalue weighted by Crippen LogP contribution is 2.51. The second-order valence-electron chi connectivity index (χ2n) is 31.0. The van der Waals surface area contributed by atoms with Crippen LogP contribution in [0.2, 0.25) is 0 Å². The van der Waals surface area contributed by atoms with Crippen LogP contribution in [0.4, 0.5) is 74.8 Å². The number of aryl methyl sites for hydroxylation is 6. The van der Waals surface area contributed by atoms with E-state index < -0.39 is 38.7 Å². The van der Waals surface area contributed by atoms with E-state index in [2.05, 4.69) is 138 Å². The van der Waals surface area contributed by atoms with Crippen LogP contribution >= 0.6 is 0 Å². The summed E-state index contributed by atoms with van der Waals surface area (Å²) in [5.74, 6) is 3.60. The molecule has 27 heteroatoms. The number of hydrogen-bond donors (Lipinski definition) is 0. The maximum absolute atomic E-state index is 8.63. The topological polar surface area (TPSA) is 253 Å². The number of fused-ring (bicyclic) bond motifs is 19. The summed E-state index contributed by atoms with van der Waals surface area (Å²) < 4.78 is 127. The Labute approximate surface area is 794 Å². The van der Waals surface area contributed by atoms with Crippen LogP contribution in [-0.2, 0) is 0 Å². The highest BCUT2D eigenvalue weighted by Gasteiger charge is 2.38. The first-order valence-corrected chi connectivity index (χ1v) is 45.0. The summed E-state index contributed by atoms with van der Waals surface area (Å²) in [6, 6.07) is 39.1. The predicted molar refractivity (Wildman–Crippen MR) is 547 cm³/mol. The summed E-state index contributed by atoms with van der Waals surface area (Å²) in [5, 5.41) is 9.73. The Morgan fingerprint density at radius 2 is 0.602 bits per heavy atom. The standard InChI is InChI=1S/C21H20N4O.2C20H19N5O.C18H15N5O.C17H17N3O.5C2H6/c1-13(2)24-12-25(17-7-5-10-22-20(17)24)18-14(3)8-9-15-16-6-4-11-23-21(16)26-19(15)18;2*1-12(2)24-11-25(19-18(24)21-9-10-22-19)16-13(3)6-7-14-15-5-4-8-23-20(15)26-17(14)16;1-11-5-6-12-13-4-3-7-21-18(13)24-15(12)14(11)23-10-22(2)16-17(23)20-9-8-19-16;1-11-4-6-13-14-7-5-12(2)18-17(14)21-16(13)15(11)20-9-8-19(3)10-20;5*1-2/h4-11,13H,12H2,1-3H3;2*4-10,12H,11H2,1-3H3;3-9H,10H2,1-2H3;4-9H,10H2,1-3H3;5*1-2H3/i1D3,13D;1D3,12D;12D;2D3;;;;;;. The van der Waals surface area contributed by atoms with Crippen molar-refractivity contribution in [3.8, 4) is 0 Å². The van der Waals surface area contributed by atoms with Crippen molar-refractivity contribution in [2.75, 3.05) is 91.5 Å². The van der Waals surface area contributed by atoms with E-state index in [1.165, 1.54) is 46.5 Å². The largest absolute Gasteiger partial charge is 0.435 e. The van der Waals surface area contributed by atoms with E-state index in [-0.39, 0.29) is 20.0 Å². The van der Waals surface area contributed by atoms with Gasteiger partial charge in [-0.15, -0.1) is 0 Å². The number of furan rings is 5. The van der Waals surface area contributed by atoms with Crippen LogP contribution in [0.15, 0.2) is 236 Å². The van der Waals surface area contributed by atoms with E-state index in [0.29, 0.717) is 86.9 Å². The Balaban J connectivity index is 0.000000134. The first kappa shape index (κ1) is 77.9. The molecule has 5 aromatic carbocycles. The van der Waals surface area contributed by atoms with E-state index in [9.17, 15) is 0 Å². The van der Waals surface area contributed by atoms with Gasteiger partial charge in [-0.1, -0.05) is 130 Å². The fourth-order valence-electron chi connectivity index (χ4n) is 16.9. The smallest absolute Gasteiger partial charge is 0.227 e. The molecule has 0 fully saturated rings. The van der Waals surface area contributed by atoms with Crippen LogP contribution in [0.3, 0.4) is 0 Å². The summed E-state index contributed by atoms with van der Waals surface area (Å²) in [5.41, 5.74) is 17.9. The average molecular weight is 1790 g/mol. The van der Waals surface area contributed by atoms with Crippen LogP contribution in [0.1, 0.15) is 161 Å². The molecule has 19 aromatic rings. The molecule has 0 N–H and O–H groups in total. The lowest BCUT2D eigenvalue weighted by molar-refractivity contribution is 0.495. The molecular weight excluding hydrogens is 1660 g/mol. The molecule has 0 amide bonds. The molecule has 0 spiro atoms. The number of pyridine rings is 6. The molecule has 24 rings (SSSR count). The van der Waals surface area contributed by atoms with Crippen LogP contribution in [0.5, 0.6) is 0 Å². The molecule has 14 aromatic heterocycles. The van der Waals surface area contributed by atoms with Crippen molar-refractivity contribution in [2.24, 2.45) is 0 Å². The zero-order valence-corrected chi connectivity index (χ0v) is 79.1. The van der Waals surface area contributed by atoms with Crippen LogP contribution in [0, 0.1) is 41.5 Å². The molecule has 0 bridgehead atoms. The second kappa shape index (κ2) is 40.1. The maximum atomic E-state index is 8.63. The fraction of sp³-hybridized carbons (Fsp3) is 0.302. The summed E-state index contributed by atoms with van der Waals surface area (Å²) in [7, 11) is 2.07. The van der Waals surface area contributed by atoms with Crippen molar-refractivity contribution in [2.45, 2.75) is 170 Å². The van der Waals surface area contributed by atoms with Gasteiger partial charge >= 0.3 is 0 Å². The number of aromatic nitrogens is 12. The molecule has 0 radical (unpaired) electrons. The Bertz CT molecular complexity index is 7560. The second-order valence-corrected chi connectivity index (χ2v) is 31.0. The zero-order valence-electron chi connectivity index (χ0n) is 91.1. The Morgan fingerprint density at radius 1 is 0.293 bits per heavy atom. The van der Waals surface area contributed by atoms with Gasteiger partial charge < -0.3 is 71.1 Å². The summed E-state index contributed by atoms with van der Waals surface area (Å²) >= 11 is 0. The van der Waals surface area contributed by atoms with E-state index in [1.54, 1.807) is 55.8 Å². The third kappa shape index (κ3) is 17.2. The number of rotatable bonds is 8. The third-order valence-electron chi connectivity index (χ3n) is 22.7. The summed E-state index contributed by atoms with van der Waals surface area (Å²) in [6.45, 7) is 32.9. The van der Waals surface area contributed by atoms with Gasteiger partial charge in [0.05, 0.1) is 71.6 Å². The minimum atomic E-state index is -2.54. The number of nitrogens with zero attached hydrogens (tertiary/aromatic N) is 22. The lowest BCUT2D eigenvalue weighted by Gasteiger charge is -2.25. The van der Waals surface area contributed by atoms with E-state index >= 15 is 0 Å². The van der Waals surface area contributed by atoms with Crippen molar-refractivity contribution >= 4 is 185 Å². The Morgan fingerprint density at radius 3 is 0.992 bits per heavy atom. The molecule has 5 aliphatic rings. The van der Waals surface area contributed by atoms with Gasteiger partial charge in [0.25, 0.3) is 0 Å². The first-order valence-electron chi connectivity index (χ1n) is 51.0. The van der Waals surface area contributed by atoms with E-state index in [0.717, 1.165) is 140 Å². The predicted octanol–water partition coefficient (Wildman–Crippen LogP) is 26.3. The Kier molecular flexibility index (Phi) is 23.5. The van der Waals surface area contributed by atoms with Crippen molar-refractivity contribution in [1.29, 1.82) is 0 Å². The van der Waals surface area contributed by atoms with Gasteiger partial charge in [-0.05, 0) is 184 Å². The molecule has 19 heterocycles. The van der Waals surface area contributed by atoms with Crippen LogP contribution in [-0.4, -0.2) is 130 Å². The van der Waals surface area contributed by atoms with Gasteiger partial charge in [-0.3, -0.25) is 0 Å². The van der Waals surface area contributed by atoms with Gasteiger partial charge in [0.15, 0.2) is 68.6 Å². The number of benzene rings is 5. The minimum Gasteiger partial charge on any atom is -0.435 e. The molecule has 0 saturated carbocycles. The van der Waals surface area contributed by atoms with Crippen LogP contribution < -0.4 is 44.1 Å². The summed E-state index contributed by atoms with van der Waals surface area (Å²) in [4.78, 5) is 71.1. The fourth-order valence-corrected chi connectivity index (χ4v) is 16.9. The van der Waals surface area contributed by atoms with Gasteiger partial charge in [0.2, 0.25) is 28.6 Å². The normalized spacial score (nSPS) is 15.9. The van der Waals surface area contributed by atoms with Gasteiger partial charge in [-0.25, -0.2) is 59.8 Å². The minimum absolute atomic E-state index is 0.111. The molecule has 2 atom stereocenters. The van der Waals surface area contributed by atoms with Crippen molar-refractivity contribution in [1.82, 2.24) is 64.7 Å². The van der Waals surface area contributed by atoms with Crippen LogP contribution in [0.25, 0.3) is 110 Å². The maximum Gasteiger partial charge on any atom is 0.227 e. The van der Waals surface area contributed by atoms with Crippen molar-refractivity contribution < 1.29 is 38.5 Å². The molecule has 5 aliphatic heterocycles. The monoisotopic (exact) mass is 1790 g/mol. The number of hydrogen-bond acceptors (Lipinski definition) is 27. The molecule has 27 nitrogen and oxygen atoms in total.